The van der Waals surface area contributed by atoms with Crippen LogP contribution in [-0.4, -0.2) is 41.1 Å². The molecule has 1 N–H and O–H groups in total. The number of carbonyl (C=O) groups excluding carboxylic acids is 1. The number of rotatable bonds is 7. The van der Waals surface area contributed by atoms with Crippen molar-refractivity contribution in [1.82, 2.24) is 13.7 Å². The highest BCUT2D eigenvalue weighted by molar-refractivity contribution is 7.89. The zero-order valence-electron chi connectivity index (χ0n) is 18.4. The Morgan fingerprint density at radius 3 is 2.52 bits per heavy atom. The van der Waals surface area contributed by atoms with Gasteiger partial charge in [-0.25, -0.2) is 17.8 Å². The molecule has 2 aromatic heterocycles. The van der Waals surface area contributed by atoms with Crippen molar-refractivity contribution in [2.45, 2.75) is 25.7 Å². The Labute approximate surface area is 195 Å². The summed E-state index contributed by atoms with van der Waals surface area (Å²) in [5.74, 6) is -0.396. The first-order valence-electron chi connectivity index (χ1n) is 10.4. The highest BCUT2D eigenvalue weighted by Crippen LogP contribution is 2.31. The molecule has 0 aliphatic heterocycles. The fourth-order valence-corrected chi connectivity index (χ4v) is 5.81. The Balaban J connectivity index is 1.75. The normalized spacial score (nSPS) is 11.9. The van der Waals surface area contributed by atoms with E-state index in [0.29, 0.717) is 40.7 Å². The van der Waals surface area contributed by atoms with Crippen molar-refractivity contribution in [1.29, 1.82) is 0 Å². The molecule has 7 nitrogen and oxygen atoms in total. The van der Waals surface area contributed by atoms with Crippen LogP contribution in [0, 0.1) is 12.7 Å². The number of halogens is 1. The summed E-state index contributed by atoms with van der Waals surface area (Å²) in [5, 5.41) is 4.73. The number of aryl methyl sites for hydroxylation is 1. The van der Waals surface area contributed by atoms with Gasteiger partial charge in [-0.1, -0.05) is 19.9 Å². The van der Waals surface area contributed by atoms with Crippen LogP contribution < -0.4 is 5.32 Å². The second kappa shape index (κ2) is 9.05. The van der Waals surface area contributed by atoms with Crippen LogP contribution in [-0.2, 0) is 10.0 Å². The highest BCUT2D eigenvalue weighted by atomic mass is 32.2. The minimum absolute atomic E-state index is 0.0645. The number of aromatic nitrogens is 2. The van der Waals surface area contributed by atoms with E-state index in [1.165, 1.54) is 39.9 Å². The molecule has 1 amide bonds. The third-order valence-electron chi connectivity index (χ3n) is 5.41. The summed E-state index contributed by atoms with van der Waals surface area (Å²) in [7, 11) is -3.72. The van der Waals surface area contributed by atoms with E-state index in [-0.39, 0.29) is 16.3 Å². The maximum absolute atomic E-state index is 13.4. The number of hydrogen-bond donors (Lipinski definition) is 1. The van der Waals surface area contributed by atoms with E-state index in [0.717, 1.165) is 0 Å². The zero-order chi connectivity index (χ0) is 23.8. The first-order valence-corrected chi connectivity index (χ1v) is 12.7. The Morgan fingerprint density at radius 1 is 1.15 bits per heavy atom. The Kier molecular flexibility index (Phi) is 6.33. The fourth-order valence-electron chi connectivity index (χ4n) is 3.61. The number of anilines is 1. The Morgan fingerprint density at radius 2 is 1.85 bits per heavy atom. The van der Waals surface area contributed by atoms with Crippen LogP contribution in [0.4, 0.5) is 10.2 Å². The number of amides is 1. The SMILES string of the molecule is CCN(CC)S(=O)(=O)c1ccc(C)c(C(=O)Nc2c(-c3ccc(F)cc3)nc3sccn23)c1. The summed E-state index contributed by atoms with van der Waals surface area (Å²) >= 11 is 1.40. The standard InChI is InChI=1S/C23H23FN4O3S2/c1-4-27(5-2)33(30,31)18-11-6-15(3)19(14-18)22(29)26-21-20(16-7-9-17(24)10-8-16)25-23-28(21)12-13-32-23/h6-14H,4-5H2,1-3H3,(H,26,29). The number of sulfonamides is 1. The molecule has 4 rings (SSSR count). The molecular weight excluding hydrogens is 463 g/mol. The number of benzene rings is 2. The number of hydrogen-bond acceptors (Lipinski definition) is 5. The van der Waals surface area contributed by atoms with Crippen molar-refractivity contribution in [2.24, 2.45) is 0 Å². The summed E-state index contributed by atoms with van der Waals surface area (Å²) < 4.78 is 42.4. The van der Waals surface area contributed by atoms with E-state index in [1.807, 2.05) is 5.38 Å². The van der Waals surface area contributed by atoms with E-state index in [4.69, 9.17) is 0 Å². The van der Waals surface area contributed by atoms with E-state index >= 15 is 0 Å². The molecule has 0 atom stereocenters. The Hall–Kier alpha value is -3.08. The van der Waals surface area contributed by atoms with Gasteiger partial charge in [-0.2, -0.15) is 4.31 Å². The van der Waals surface area contributed by atoms with Crippen molar-refractivity contribution < 1.29 is 17.6 Å². The first kappa shape index (κ1) is 23.1. The van der Waals surface area contributed by atoms with E-state index in [2.05, 4.69) is 10.3 Å². The van der Waals surface area contributed by atoms with Crippen molar-refractivity contribution in [3.63, 3.8) is 0 Å². The summed E-state index contributed by atoms with van der Waals surface area (Å²) in [6.07, 6.45) is 1.78. The number of nitrogens with zero attached hydrogens (tertiary/aromatic N) is 3. The van der Waals surface area contributed by atoms with Crippen LogP contribution in [0.1, 0.15) is 29.8 Å². The molecule has 33 heavy (non-hydrogen) atoms. The molecule has 0 fully saturated rings. The van der Waals surface area contributed by atoms with Gasteiger partial charge in [0.2, 0.25) is 10.0 Å². The van der Waals surface area contributed by atoms with Crippen molar-refractivity contribution in [3.8, 4) is 11.3 Å². The molecule has 0 bridgehead atoms. The largest absolute Gasteiger partial charge is 0.306 e. The van der Waals surface area contributed by atoms with Gasteiger partial charge in [-0.3, -0.25) is 9.20 Å². The third-order valence-corrected chi connectivity index (χ3v) is 8.21. The second-order valence-corrected chi connectivity index (χ2v) is 10.2. The Bertz CT molecular complexity index is 1420. The average Bonchev–Trinajstić information content (AvgIpc) is 3.38. The molecule has 2 heterocycles. The van der Waals surface area contributed by atoms with Crippen LogP contribution in [0.15, 0.2) is 58.9 Å². The molecule has 172 valence electrons. The monoisotopic (exact) mass is 486 g/mol. The predicted octanol–water partition coefficient (Wildman–Crippen LogP) is 4.79. The molecule has 0 spiro atoms. The number of thiazole rings is 1. The van der Waals surface area contributed by atoms with Crippen LogP contribution in [0.2, 0.25) is 0 Å². The smallest absolute Gasteiger partial charge is 0.257 e. The van der Waals surface area contributed by atoms with Gasteiger partial charge in [0.25, 0.3) is 5.91 Å². The van der Waals surface area contributed by atoms with Gasteiger partial charge in [0.1, 0.15) is 17.3 Å². The van der Waals surface area contributed by atoms with Gasteiger partial charge < -0.3 is 5.32 Å². The summed E-state index contributed by atoms with van der Waals surface area (Å²) in [5.41, 5.74) is 2.04. The number of carbonyl (C=O) groups is 1. The lowest BCUT2D eigenvalue weighted by molar-refractivity contribution is 0.102. The average molecular weight is 487 g/mol. The van der Waals surface area contributed by atoms with Crippen molar-refractivity contribution in [2.75, 3.05) is 18.4 Å². The first-order chi connectivity index (χ1) is 15.8. The molecule has 0 unspecified atom stereocenters. The zero-order valence-corrected chi connectivity index (χ0v) is 20.0. The number of imidazole rings is 1. The maximum atomic E-state index is 13.4. The minimum Gasteiger partial charge on any atom is -0.306 e. The van der Waals surface area contributed by atoms with Crippen LogP contribution in [0.5, 0.6) is 0 Å². The molecule has 0 saturated carbocycles. The topological polar surface area (TPSA) is 83.8 Å². The van der Waals surface area contributed by atoms with Gasteiger partial charge in [0.15, 0.2) is 4.96 Å². The number of fused-ring (bicyclic) bond motifs is 1. The molecular formula is C23H23FN4O3S2. The maximum Gasteiger partial charge on any atom is 0.257 e. The second-order valence-electron chi connectivity index (χ2n) is 7.39. The summed E-state index contributed by atoms with van der Waals surface area (Å²) in [6, 6.07) is 10.4. The van der Waals surface area contributed by atoms with Crippen LogP contribution >= 0.6 is 11.3 Å². The molecule has 10 heteroatoms. The summed E-state index contributed by atoms with van der Waals surface area (Å²) in [6.45, 7) is 5.96. The van der Waals surface area contributed by atoms with Gasteiger partial charge >= 0.3 is 0 Å². The lowest BCUT2D eigenvalue weighted by atomic mass is 10.1. The fraction of sp³-hybridized carbons (Fsp3) is 0.217. The van der Waals surface area contributed by atoms with Crippen LogP contribution in [0.25, 0.3) is 16.2 Å². The lowest BCUT2D eigenvalue weighted by Gasteiger charge is -2.19. The van der Waals surface area contributed by atoms with Gasteiger partial charge in [-0.15, -0.1) is 11.3 Å². The minimum atomic E-state index is -3.72. The van der Waals surface area contributed by atoms with Gasteiger partial charge in [-0.05, 0) is 48.9 Å². The molecule has 0 aliphatic carbocycles. The quantitative estimate of drug-likeness (QED) is 0.407. The van der Waals surface area contributed by atoms with Gasteiger partial charge in [0, 0.05) is 35.8 Å². The molecule has 0 saturated heterocycles. The molecule has 4 aromatic rings. The number of nitrogens with one attached hydrogen (secondary N) is 1. The highest BCUT2D eigenvalue weighted by Gasteiger charge is 2.24. The lowest BCUT2D eigenvalue weighted by Crippen LogP contribution is -2.30. The summed E-state index contributed by atoms with van der Waals surface area (Å²) in [4.78, 5) is 18.6. The molecule has 0 radical (unpaired) electrons. The third kappa shape index (κ3) is 4.29. The van der Waals surface area contributed by atoms with E-state index in [9.17, 15) is 17.6 Å². The van der Waals surface area contributed by atoms with Gasteiger partial charge in [0.05, 0.1) is 4.90 Å². The van der Waals surface area contributed by atoms with Crippen LogP contribution in [0.3, 0.4) is 0 Å². The molecule has 2 aromatic carbocycles. The molecule has 0 aliphatic rings. The van der Waals surface area contributed by atoms with E-state index in [1.54, 1.807) is 49.6 Å². The van der Waals surface area contributed by atoms with E-state index < -0.39 is 15.9 Å². The van der Waals surface area contributed by atoms with Crippen molar-refractivity contribution in [3.05, 3.63) is 71.0 Å². The van der Waals surface area contributed by atoms with Crippen molar-refractivity contribution >= 4 is 38.0 Å². The predicted molar refractivity (Wildman–Crippen MR) is 128 cm³/mol.